The molecule has 0 fully saturated rings. The summed E-state index contributed by atoms with van der Waals surface area (Å²) in [7, 11) is 0. The molecule has 0 bridgehead atoms. The molecule has 2 N–H and O–H groups in total. The van der Waals surface area contributed by atoms with Gasteiger partial charge in [-0.25, -0.2) is 13.2 Å². The van der Waals surface area contributed by atoms with Crippen molar-refractivity contribution in [2.24, 2.45) is 5.92 Å². The van der Waals surface area contributed by atoms with Crippen molar-refractivity contribution < 1.29 is 28.2 Å². The van der Waals surface area contributed by atoms with E-state index in [0.29, 0.717) is 6.08 Å². The van der Waals surface area contributed by atoms with Gasteiger partial charge < -0.3 is 10.2 Å². The maximum atomic E-state index is 13.1. The lowest BCUT2D eigenvalue weighted by Gasteiger charge is -2.26. The molecule has 0 aromatic heterocycles. The van der Waals surface area contributed by atoms with E-state index in [-0.39, 0.29) is 0 Å². The second-order valence-corrected chi connectivity index (χ2v) is 2.90. The Bertz CT molecular complexity index is 320. The van der Waals surface area contributed by atoms with Gasteiger partial charge in [-0.1, -0.05) is 6.08 Å². The maximum Gasteiger partial charge on any atom is 0.304 e. The number of carboxylic acid groups (broad SMARTS) is 1. The molecule has 0 aromatic rings. The van der Waals surface area contributed by atoms with Gasteiger partial charge in [0.05, 0.1) is 12.3 Å². The van der Waals surface area contributed by atoms with Gasteiger partial charge in [-0.05, 0) is 6.08 Å². The third kappa shape index (κ3) is 1.79. The number of aliphatic carboxylic acids is 1. The highest BCUT2D eigenvalue weighted by Crippen LogP contribution is 2.38. The van der Waals surface area contributed by atoms with Crippen molar-refractivity contribution in [3.8, 4) is 0 Å². The Balaban J connectivity index is 2.95. The number of carbonyl (C=O) groups is 1. The molecule has 0 heterocycles. The highest BCUT2D eigenvalue weighted by molar-refractivity contribution is 5.67. The quantitative estimate of drug-likeness (QED) is 0.722. The minimum Gasteiger partial charge on any atom is -0.481 e. The Kier molecular flexibility index (Phi) is 2.66. The first-order chi connectivity index (χ1) is 6.35. The third-order valence-electron chi connectivity index (χ3n) is 1.88. The summed E-state index contributed by atoms with van der Waals surface area (Å²) < 4.78 is 38.3. The van der Waals surface area contributed by atoms with Gasteiger partial charge in [0, 0.05) is 0 Å². The second kappa shape index (κ2) is 3.45. The van der Waals surface area contributed by atoms with E-state index < -0.39 is 35.8 Å². The summed E-state index contributed by atoms with van der Waals surface area (Å²) in [6.45, 7) is 0. The van der Waals surface area contributed by atoms with Crippen molar-refractivity contribution >= 4 is 5.97 Å². The predicted molar refractivity (Wildman–Crippen MR) is 40.2 cm³/mol. The fourth-order valence-corrected chi connectivity index (χ4v) is 1.12. The Hall–Kier alpha value is -1.30. The molecule has 3 nitrogen and oxygen atoms in total. The molecule has 1 rings (SSSR count). The molecule has 2 atom stereocenters. The molecular weight excluding hydrogens is 201 g/mol. The molecule has 2 unspecified atom stereocenters. The summed E-state index contributed by atoms with van der Waals surface area (Å²) in [4.78, 5) is 10.2. The summed E-state index contributed by atoms with van der Waals surface area (Å²) in [6, 6.07) is 0. The van der Waals surface area contributed by atoms with Crippen molar-refractivity contribution in [2.75, 3.05) is 0 Å². The van der Waals surface area contributed by atoms with E-state index in [4.69, 9.17) is 10.2 Å². The van der Waals surface area contributed by atoms with E-state index in [9.17, 15) is 18.0 Å². The fraction of sp³-hybridized carbons (Fsp3) is 0.375. The molecule has 0 aromatic carbocycles. The van der Waals surface area contributed by atoms with Crippen molar-refractivity contribution in [1.82, 2.24) is 0 Å². The zero-order chi connectivity index (χ0) is 10.9. The Morgan fingerprint density at radius 1 is 1.57 bits per heavy atom. The second-order valence-electron chi connectivity index (χ2n) is 2.90. The standard InChI is InChI=1S/C8H7F3O3/c9-5-2-1-4(3-6(12)13)8(11,14)7(5)10/h1-2,4,14H,3H2,(H,12,13). The zero-order valence-corrected chi connectivity index (χ0v) is 6.88. The van der Waals surface area contributed by atoms with Gasteiger partial charge >= 0.3 is 5.97 Å². The molecule has 0 aliphatic heterocycles. The monoisotopic (exact) mass is 208 g/mol. The molecule has 0 spiro atoms. The van der Waals surface area contributed by atoms with Gasteiger partial charge in [-0.3, -0.25) is 4.79 Å². The first kappa shape index (κ1) is 10.8. The molecule has 1 aliphatic carbocycles. The first-order valence-electron chi connectivity index (χ1n) is 3.72. The van der Waals surface area contributed by atoms with E-state index in [1.54, 1.807) is 0 Å². The SMILES string of the molecule is O=C(O)CC1C=CC(F)=C(F)C1(O)F. The summed E-state index contributed by atoms with van der Waals surface area (Å²) >= 11 is 0. The maximum absolute atomic E-state index is 13.1. The number of alkyl halides is 1. The van der Waals surface area contributed by atoms with Crippen LogP contribution >= 0.6 is 0 Å². The van der Waals surface area contributed by atoms with Crippen LogP contribution in [0.1, 0.15) is 6.42 Å². The highest BCUT2D eigenvalue weighted by atomic mass is 19.2. The number of halogens is 3. The zero-order valence-electron chi connectivity index (χ0n) is 6.88. The molecular formula is C8H7F3O3. The summed E-state index contributed by atoms with van der Waals surface area (Å²) in [5.41, 5.74) is 0. The van der Waals surface area contributed by atoms with Crippen LogP contribution in [-0.2, 0) is 4.79 Å². The lowest BCUT2D eigenvalue weighted by molar-refractivity contribution is -0.147. The summed E-state index contributed by atoms with van der Waals surface area (Å²) in [5, 5.41) is 17.2. The predicted octanol–water partition coefficient (Wildman–Crippen LogP) is 1.46. The fourth-order valence-electron chi connectivity index (χ4n) is 1.12. The topological polar surface area (TPSA) is 57.5 Å². The van der Waals surface area contributed by atoms with E-state index in [0.717, 1.165) is 6.08 Å². The normalized spacial score (nSPS) is 32.1. The van der Waals surface area contributed by atoms with Gasteiger partial charge in [0.15, 0.2) is 5.83 Å². The number of rotatable bonds is 2. The number of hydrogen-bond acceptors (Lipinski definition) is 2. The summed E-state index contributed by atoms with van der Waals surface area (Å²) in [6.07, 6.45) is 0.563. The van der Waals surface area contributed by atoms with Gasteiger partial charge in [0.1, 0.15) is 0 Å². The van der Waals surface area contributed by atoms with E-state index >= 15 is 0 Å². The molecule has 1 aliphatic rings. The number of hydrogen-bond donors (Lipinski definition) is 2. The molecule has 0 radical (unpaired) electrons. The minimum absolute atomic E-state index is 0.594. The Morgan fingerprint density at radius 2 is 2.14 bits per heavy atom. The minimum atomic E-state index is -3.57. The average Bonchev–Trinajstić information content (AvgIpc) is 2.07. The molecule has 0 saturated carbocycles. The number of carboxylic acids is 1. The van der Waals surface area contributed by atoms with Crippen LogP contribution in [0.25, 0.3) is 0 Å². The lowest BCUT2D eigenvalue weighted by Crippen LogP contribution is -2.36. The van der Waals surface area contributed by atoms with Crippen molar-refractivity contribution in [3.63, 3.8) is 0 Å². The van der Waals surface area contributed by atoms with Crippen LogP contribution in [0.2, 0.25) is 0 Å². The van der Waals surface area contributed by atoms with Crippen LogP contribution in [-0.4, -0.2) is 22.0 Å². The van der Waals surface area contributed by atoms with Crippen LogP contribution in [0.3, 0.4) is 0 Å². The van der Waals surface area contributed by atoms with Gasteiger partial charge in [-0.15, -0.1) is 0 Å². The molecule has 0 saturated heterocycles. The van der Waals surface area contributed by atoms with Crippen molar-refractivity contribution in [1.29, 1.82) is 0 Å². The van der Waals surface area contributed by atoms with Crippen LogP contribution < -0.4 is 0 Å². The molecule has 6 heteroatoms. The van der Waals surface area contributed by atoms with Crippen molar-refractivity contribution in [3.05, 3.63) is 23.8 Å². The lowest BCUT2D eigenvalue weighted by atomic mass is 9.91. The first-order valence-corrected chi connectivity index (χ1v) is 3.72. The molecule has 0 amide bonds. The molecule has 78 valence electrons. The average molecular weight is 208 g/mol. The Morgan fingerprint density at radius 3 is 2.64 bits per heavy atom. The van der Waals surface area contributed by atoms with E-state index in [2.05, 4.69) is 0 Å². The largest absolute Gasteiger partial charge is 0.481 e. The number of aliphatic hydroxyl groups is 1. The van der Waals surface area contributed by atoms with Crippen LogP contribution in [0.5, 0.6) is 0 Å². The molecule has 14 heavy (non-hydrogen) atoms. The van der Waals surface area contributed by atoms with Crippen LogP contribution in [0, 0.1) is 5.92 Å². The third-order valence-corrected chi connectivity index (χ3v) is 1.88. The Labute approximate surface area is 77.2 Å². The van der Waals surface area contributed by atoms with Gasteiger partial charge in [-0.2, -0.15) is 0 Å². The highest BCUT2D eigenvalue weighted by Gasteiger charge is 2.45. The van der Waals surface area contributed by atoms with E-state index in [1.165, 1.54) is 0 Å². The number of allylic oxidation sites excluding steroid dienone is 2. The summed E-state index contributed by atoms with van der Waals surface area (Å²) in [5.74, 6) is -10.1. The van der Waals surface area contributed by atoms with Gasteiger partial charge in [0.2, 0.25) is 5.83 Å². The van der Waals surface area contributed by atoms with Gasteiger partial charge in [0.25, 0.3) is 5.85 Å². The van der Waals surface area contributed by atoms with E-state index in [1.807, 2.05) is 0 Å². The van der Waals surface area contributed by atoms with Crippen molar-refractivity contribution in [2.45, 2.75) is 12.3 Å². The smallest absolute Gasteiger partial charge is 0.304 e. The van der Waals surface area contributed by atoms with Crippen LogP contribution in [0.4, 0.5) is 13.2 Å². The van der Waals surface area contributed by atoms with Crippen LogP contribution in [0.15, 0.2) is 23.8 Å².